The zero-order chi connectivity index (χ0) is 17.1. The molecule has 1 aliphatic heterocycles. The molecule has 0 bridgehead atoms. The van der Waals surface area contributed by atoms with Gasteiger partial charge in [0.15, 0.2) is 0 Å². The van der Waals surface area contributed by atoms with Crippen LogP contribution in [0.15, 0.2) is 29.5 Å². The molecular formula is C17H26N6O. The third kappa shape index (κ3) is 3.67. The van der Waals surface area contributed by atoms with Crippen molar-refractivity contribution in [3.63, 3.8) is 0 Å². The molecule has 2 aromatic heterocycles. The fourth-order valence-corrected chi connectivity index (χ4v) is 3.09. The predicted octanol–water partition coefficient (Wildman–Crippen LogP) is 1.21. The second-order valence-corrected chi connectivity index (χ2v) is 6.70. The Labute approximate surface area is 142 Å². The molecule has 0 unspecified atom stereocenters. The molecule has 0 saturated carbocycles. The van der Waals surface area contributed by atoms with E-state index in [9.17, 15) is 4.79 Å². The minimum atomic E-state index is -0.0802. The summed E-state index contributed by atoms with van der Waals surface area (Å²) in [7, 11) is 2.14. The number of aromatic nitrogens is 4. The molecule has 0 amide bonds. The molecule has 130 valence electrons. The number of hydrogen-bond acceptors (Lipinski definition) is 5. The molecule has 0 aromatic carbocycles. The van der Waals surface area contributed by atoms with Crippen LogP contribution < -0.4 is 10.5 Å². The number of rotatable bonds is 4. The largest absolute Gasteiger partial charge is 0.369 e. The summed E-state index contributed by atoms with van der Waals surface area (Å²) in [5.41, 5.74) is 0.835. The Balaban J connectivity index is 1.77. The van der Waals surface area contributed by atoms with E-state index in [1.807, 2.05) is 6.20 Å². The van der Waals surface area contributed by atoms with Crippen molar-refractivity contribution in [2.45, 2.75) is 32.9 Å². The fourth-order valence-electron chi connectivity index (χ4n) is 3.09. The number of hydrogen-bond donors (Lipinski definition) is 0. The maximum Gasteiger partial charge on any atom is 0.269 e. The van der Waals surface area contributed by atoms with Gasteiger partial charge in [-0.3, -0.25) is 4.79 Å². The van der Waals surface area contributed by atoms with Gasteiger partial charge in [0, 0.05) is 44.1 Å². The second-order valence-electron chi connectivity index (χ2n) is 6.70. The van der Waals surface area contributed by atoms with Gasteiger partial charge < -0.3 is 14.4 Å². The Morgan fingerprint density at radius 1 is 1.21 bits per heavy atom. The first-order valence-corrected chi connectivity index (χ1v) is 8.57. The number of nitrogens with zero attached hydrogens (tertiary/aromatic N) is 6. The highest BCUT2D eigenvalue weighted by atomic mass is 16.1. The van der Waals surface area contributed by atoms with Crippen LogP contribution in [0, 0.1) is 0 Å². The first-order valence-electron chi connectivity index (χ1n) is 8.57. The number of anilines is 1. The Morgan fingerprint density at radius 2 is 2.04 bits per heavy atom. The smallest absolute Gasteiger partial charge is 0.269 e. The van der Waals surface area contributed by atoms with Crippen molar-refractivity contribution in [1.29, 1.82) is 0 Å². The molecule has 2 aromatic rings. The maximum absolute atomic E-state index is 12.5. The van der Waals surface area contributed by atoms with Gasteiger partial charge in [0.2, 0.25) is 0 Å². The standard InChI is InChI=1S/C17H26N6O/c1-14(2)22-8-5-18-16(22)13-23-17(24)11-15(12-19-23)21-7-4-6-20(3)9-10-21/h5,8,11-12,14H,4,6-7,9-10,13H2,1-3H3. The predicted molar refractivity (Wildman–Crippen MR) is 94.5 cm³/mol. The summed E-state index contributed by atoms with van der Waals surface area (Å²) in [5, 5.41) is 4.37. The van der Waals surface area contributed by atoms with Crippen molar-refractivity contribution in [2.75, 3.05) is 38.1 Å². The van der Waals surface area contributed by atoms with Gasteiger partial charge in [-0.1, -0.05) is 0 Å². The number of likely N-dealkylation sites (N-methyl/N-ethyl adjacent to an activating group) is 1. The van der Waals surface area contributed by atoms with Crippen molar-refractivity contribution in [1.82, 2.24) is 24.2 Å². The molecule has 0 aliphatic carbocycles. The monoisotopic (exact) mass is 330 g/mol. The molecule has 0 atom stereocenters. The molecular weight excluding hydrogens is 304 g/mol. The normalized spacial score (nSPS) is 16.6. The molecule has 24 heavy (non-hydrogen) atoms. The molecule has 7 nitrogen and oxygen atoms in total. The zero-order valence-corrected chi connectivity index (χ0v) is 14.7. The van der Waals surface area contributed by atoms with Gasteiger partial charge in [0.25, 0.3) is 5.56 Å². The van der Waals surface area contributed by atoms with Gasteiger partial charge in [0.1, 0.15) is 12.4 Å². The first-order chi connectivity index (χ1) is 11.5. The van der Waals surface area contributed by atoms with Gasteiger partial charge in [-0.15, -0.1) is 0 Å². The molecule has 1 aliphatic rings. The Kier molecular flexibility index (Phi) is 4.99. The van der Waals surface area contributed by atoms with Gasteiger partial charge in [0.05, 0.1) is 11.9 Å². The Morgan fingerprint density at radius 3 is 2.79 bits per heavy atom. The second kappa shape index (κ2) is 7.17. The summed E-state index contributed by atoms with van der Waals surface area (Å²) in [6.45, 7) is 8.59. The average Bonchev–Trinajstić information content (AvgIpc) is 2.90. The van der Waals surface area contributed by atoms with Gasteiger partial charge >= 0.3 is 0 Å². The van der Waals surface area contributed by atoms with Gasteiger partial charge in [-0.05, 0) is 33.9 Å². The lowest BCUT2D eigenvalue weighted by atomic mass is 10.3. The third-order valence-corrected chi connectivity index (χ3v) is 4.54. The highest BCUT2D eigenvalue weighted by Crippen LogP contribution is 2.13. The van der Waals surface area contributed by atoms with E-state index in [0.717, 1.165) is 44.1 Å². The van der Waals surface area contributed by atoms with Crippen molar-refractivity contribution in [3.8, 4) is 0 Å². The van der Waals surface area contributed by atoms with E-state index < -0.39 is 0 Å². The Hall–Kier alpha value is -2.15. The van der Waals surface area contributed by atoms with Crippen LogP contribution in [-0.4, -0.2) is 57.5 Å². The highest BCUT2D eigenvalue weighted by Gasteiger charge is 2.15. The summed E-state index contributed by atoms with van der Waals surface area (Å²) >= 11 is 0. The fraction of sp³-hybridized carbons (Fsp3) is 0.588. The van der Waals surface area contributed by atoms with Crippen LogP contribution in [0.3, 0.4) is 0 Å². The highest BCUT2D eigenvalue weighted by molar-refractivity contribution is 5.43. The van der Waals surface area contributed by atoms with Crippen LogP contribution in [0.25, 0.3) is 0 Å². The van der Waals surface area contributed by atoms with Crippen LogP contribution >= 0.6 is 0 Å². The average molecular weight is 330 g/mol. The van der Waals surface area contributed by atoms with E-state index in [0.29, 0.717) is 12.6 Å². The Bertz CT molecular complexity index is 735. The minimum Gasteiger partial charge on any atom is -0.369 e. The summed E-state index contributed by atoms with van der Waals surface area (Å²) in [5.74, 6) is 0.851. The van der Waals surface area contributed by atoms with Crippen molar-refractivity contribution < 1.29 is 0 Å². The van der Waals surface area contributed by atoms with Crippen LogP contribution in [0.2, 0.25) is 0 Å². The minimum absolute atomic E-state index is 0.0802. The van der Waals surface area contributed by atoms with E-state index in [2.05, 4.69) is 45.3 Å². The van der Waals surface area contributed by atoms with Crippen LogP contribution in [0.5, 0.6) is 0 Å². The molecule has 0 spiro atoms. The number of imidazole rings is 1. The summed E-state index contributed by atoms with van der Waals surface area (Å²) in [4.78, 5) is 21.4. The van der Waals surface area contributed by atoms with Gasteiger partial charge in [-0.2, -0.15) is 5.10 Å². The van der Waals surface area contributed by atoms with E-state index >= 15 is 0 Å². The van der Waals surface area contributed by atoms with E-state index in [4.69, 9.17) is 0 Å². The molecule has 1 saturated heterocycles. The maximum atomic E-state index is 12.5. The van der Waals surface area contributed by atoms with E-state index in [-0.39, 0.29) is 5.56 Å². The SMILES string of the molecule is CC(C)n1ccnc1Cn1ncc(N2CCCN(C)CC2)cc1=O. The first kappa shape index (κ1) is 16.7. The van der Waals surface area contributed by atoms with Crippen molar-refractivity contribution >= 4 is 5.69 Å². The molecule has 3 rings (SSSR count). The summed E-state index contributed by atoms with van der Waals surface area (Å²) in [6, 6.07) is 2.01. The van der Waals surface area contributed by atoms with Crippen LogP contribution in [0.1, 0.15) is 32.1 Å². The molecule has 3 heterocycles. The summed E-state index contributed by atoms with van der Waals surface area (Å²) in [6.07, 6.45) is 6.61. The van der Waals surface area contributed by atoms with Crippen LogP contribution in [0.4, 0.5) is 5.69 Å². The topological polar surface area (TPSA) is 59.2 Å². The van der Waals surface area contributed by atoms with Crippen molar-refractivity contribution in [2.24, 2.45) is 0 Å². The van der Waals surface area contributed by atoms with Crippen LogP contribution in [-0.2, 0) is 6.54 Å². The lowest BCUT2D eigenvalue weighted by Crippen LogP contribution is -2.31. The quantitative estimate of drug-likeness (QED) is 0.843. The molecule has 0 radical (unpaired) electrons. The molecule has 1 fully saturated rings. The van der Waals surface area contributed by atoms with E-state index in [1.54, 1.807) is 18.5 Å². The van der Waals surface area contributed by atoms with E-state index in [1.165, 1.54) is 4.68 Å². The third-order valence-electron chi connectivity index (χ3n) is 4.54. The molecule has 7 heteroatoms. The van der Waals surface area contributed by atoms with Gasteiger partial charge in [-0.25, -0.2) is 9.67 Å². The summed E-state index contributed by atoms with van der Waals surface area (Å²) < 4.78 is 3.54. The lowest BCUT2D eigenvalue weighted by Gasteiger charge is -2.22. The molecule has 0 N–H and O–H groups in total. The lowest BCUT2D eigenvalue weighted by molar-refractivity contribution is 0.360. The van der Waals surface area contributed by atoms with Crippen molar-refractivity contribution in [3.05, 3.63) is 40.8 Å². The zero-order valence-electron chi connectivity index (χ0n) is 14.7.